The zero-order valence-corrected chi connectivity index (χ0v) is 17.7. The van der Waals surface area contributed by atoms with E-state index in [1.807, 2.05) is 13.8 Å². The van der Waals surface area contributed by atoms with E-state index in [1.54, 1.807) is 0 Å². The van der Waals surface area contributed by atoms with Crippen molar-refractivity contribution in [3.63, 3.8) is 0 Å². The molecule has 1 aromatic heterocycles. The number of rotatable bonds is 6. The number of anilines is 2. The molecule has 0 aromatic carbocycles. The van der Waals surface area contributed by atoms with Gasteiger partial charge in [-0.15, -0.1) is 0 Å². The lowest BCUT2D eigenvalue weighted by Gasteiger charge is -2.36. The van der Waals surface area contributed by atoms with Crippen LogP contribution in [0.25, 0.3) is 0 Å². The summed E-state index contributed by atoms with van der Waals surface area (Å²) in [6.45, 7) is 3.76. The van der Waals surface area contributed by atoms with E-state index in [0.29, 0.717) is 30.6 Å². The number of halogens is 3. The fourth-order valence-corrected chi connectivity index (χ4v) is 4.77. The monoisotopic (exact) mass is 441 g/mol. The van der Waals surface area contributed by atoms with Gasteiger partial charge in [0.25, 0.3) is 0 Å². The third-order valence-electron chi connectivity index (χ3n) is 6.54. The van der Waals surface area contributed by atoms with Gasteiger partial charge in [-0.1, -0.05) is 19.8 Å². The summed E-state index contributed by atoms with van der Waals surface area (Å²) in [6.07, 6.45) is 1.62. The fraction of sp³-hybridized carbons (Fsp3) is 0.667. The fourth-order valence-electron chi connectivity index (χ4n) is 4.77. The normalized spacial score (nSPS) is 27.7. The van der Waals surface area contributed by atoms with Crippen LogP contribution in [0, 0.1) is 11.8 Å². The van der Waals surface area contributed by atoms with Gasteiger partial charge in [0.15, 0.2) is 0 Å². The zero-order valence-electron chi connectivity index (χ0n) is 17.7. The number of nitrogens with one attached hydrogen (secondary N) is 2. The highest BCUT2D eigenvalue weighted by Gasteiger charge is 2.41. The number of aromatic nitrogens is 2. The van der Waals surface area contributed by atoms with Crippen LogP contribution in [0.2, 0.25) is 0 Å². The van der Waals surface area contributed by atoms with Crippen LogP contribution in [0.1, 0.15) is 64.0 Å². The Morgan fingerprint density at radius 2 is 2.10 bits per heavy atom. The highest BCUT2D eigenvalue weighted by Crippen LogP contribution is 2.42. The molecule has 2 heterocycles. The standard InChI is InChI=1S/C21H30F3N5O2/c1-3-13(15-8-12(21(22,23)24)9-26-11(15)2)18-16(25)10-27-20(29-18)28-17-7-5-4-6-14(17)19(30)31/h9-11,13-15,17,26H,3-8,25H2,1-2H3,(H,30,31)(H,27,28,29)/t11-,13?,14+,15?,17?/m1/s1. The number of carboxylic acid groups (broad SMARTS) is 1. The largest absolute Gasteiger partial charge is 0.481 e. The summed E-state index contributed by atoms with van der Waals surface area (Å²) in [5, 5.41) is 15.5. The van der Waals surface area contributed by atoms with E-state index in [4.69, 9.17) is 5.73 Å². The van der Waals surface area contributed by atoms with Gasteiger partial charge in [-0.25, -0.2) is 9.97 Å². The minimum absolute atomic E-state index is 0.119. The van der Waals surface area contributed by atoms with E-state index in [2.05, 4.69) is 20.6 Å². The first kappa shape index (κ1) is 23.1. The molecule has 1 aromatic rings. The van der Waals surface area contributed by atoms with Crippen LogP contribution in [0.5, 0.6) is 0 Å². The van der Waals surface area contributed by atoms with Crippen LogP contribution in [0.4, 0.5) is 24.8 Å². The summed E-state index contributed by atoms with van der Waals surface area (Å²) in [7, 11) is 0. The number of nitrogen functional groups attached to an aromatic ring is 1. The molecule has 5 N–H and O–H groups in total. The third kappa shape index (κ3) is 5.22. The zero-order chi connectivity index (χ0) is 22.8. The van der Waals surface area contributed by atoms with Crippen LogP contribution < -0.4 is 16.4 Å². The van der Waals surface area contributed by atoms with Crippen molar-refractivity contribution >= 4 is 17.6 Å². The van der Waals surface area contributed by atoms with E-state index in [0.717, 1.165) is 19.0 Å². The highest BCUT2D eigenvalue weighted by atomic mass is 19.4. The SMILES string of the molecule is CCC(c1nc(NC2CCCC[C@@H]2C(=O)O)ncc1N)C1CC(C(F)(F)F)=CN[C@@H]1C. The molecule has 1 saturated carbocycles. The summed E-state index contributed by atoms with van der Waals surface area (Å²) >= 11 is 0. The summed E-state index contributed by atoms with van der Waals surface area (Å²) in [6, 6.07) is -0.477. The first-order valence-corrected chi connectivity index (χ1v) is 10.8. The predicted octanol–water partition coefficient (Wildman–Crippen LogP) is 4.05. The van der Waals surface area contributed by atoms with Crippen LogP contribution in [-0.2, 0) is 4.79 Å². The lowest BCUT2D eigenvalue weighted by atomic mass is 9.76. The molecule has 1 aliphatic carbocycles. The van der Waals surface area contributed by atoms with Gasteiger partial charge in [0.2, 0.25) is 5.95 Å². The average molecular weight is 441 g/mol. The molecule has 0 bridgehead atoms. The van der Waals surface area contributed by atoms with Gasteiger partial charge >= 0.3 is 12.1 Å². The number of nitrogens with two attached hydrogens (primary N) is 1. The molecule has 10 heteroatoms. The molecule has 3 unspecified atom stereocenters. The van der Waals surface area contributed by atoms with Gasteiger partial charge < -0.3 is 21.5 Å². The van der Waals surface area contributed by atoms with E-state index < -0.39 is 23.6 Å². The van der Waals surface area contributed by atoms with Crippen LogP contribution in [0.15, 0.2) is 18.0 Å². The molecule has 0 amide bonds. The van der Waals surface area contributed by atoms with Crippen molar-refractivity contribution in [3.8, 4) is 0 Å². The Balaban J connectivity index is 1.85. The first-order valence-electron chi connectivity index (χ1n) is 10.8. The Hall–Kier alpha value is -2.52. The van der Waals surface area contributed by atoms with Crippen LogP contribution in [-0.4, -0.2) is 39.3 Å². The van der Waals surface area contributed by atoms with Gasteiger partial charge in [0.1, 0.15) is 0 Å². The quantitative estimate of drug-likeness (QED) is 0.527. The van der Waals surface area contributed by atoms with Gasteiger partial charge in [-0.3, -0.25) is 4.79 Å². The van der Waals surface area contributed by atoms with Gasteiger partial charge in [-0.05, 0) is 38.5 Å². The minimum atomic E-state index is -4.39. The van der Waals surface area contributed by atoms with Crippen molar-refractivity contribution in [2.75, 3.05) is 11.1 Å². The molecule has 0 radical (unpaired) electrons. The number of carbonyl (C=O) groups is 1. The number of aliphatic carboxylic acids is 1. The molecule has 1 aliphatic heterocycles. The number of alkyl halides is 3. The molecular formula is C21H30F3N5O2. The second-order valence-electron chi connectivity index (χ2n) is 8.52. The number of allylic oxidation sites excluding steroid dienone is 1. The Morgan fingerprint density at radius 1 is 1.39 bits per heavy atom. The van der Waals surface area contributed by atoms with Crippen LogP contribution >= 0.6 is 0 Å². The van der Waals surface area contributed by atoms with Crippen molar-refractivity contribution in [3.05, 3.63) is 23.7 Å². The summed E-state index contributed by atoms with van der Waals surface area (Å²) in [5.74, 6) is -1.77. The molecule has 31 heavy (non-hydrogen) atoms. The molecule has 0 spiro atoms. The smallest absolute Gasteiger partial charge is 0.414 e. The molecule has 172 valence electrons. The van der Waals surface area contributed by atoms with Crippen LogP contribution in [0.3, 0.4) is 0 Å². The number of carboxylic acids is 1. The van der Waals surface area contributed by atoms with Crippen molar-refractivity contribution in [1.82, 2.24) is 15.3 Å². The number of nitrogens with zero attached hydrogens (tertiary/aromatic N) is 2. The lowest BCUT2D eigenvalue weighted by molar-refractivity contribution is -0.143. The van der Waals surface area contributed by atoms with E-state index in [9.17, 15) is 23.1 Å². The molecule has 0 saturated heterocycles. The van der Waals surface area contributed by atoms with Crippen molar-refractivity contribution < 1.29 is 23.1 Å². The van der Waals surface area contributed by atoms with E-state index >= 15 is 0 Å². The molecule has 3 rings (SSSR count). The molecule has 7 nitrogen and oxygen atoms in total. The second-order valence-corrected chi connectivity index (χ2v) is 8.52. The predicted molar refractivity (Wildman–Crippen MR) is 111 cm³/mol. The Kier molecular flexibility index (Phi) is 6.96. The first-order chi connectivity index (χ1) is 14.6. The summed E-state index contributed by atoms with van der Waals surface area (Å²) in [5.41, 5.74) is 6.38. The van der Waals surface area contributed by atoms with Crippen molar-refractivity contribution in [2.24, 2.45) is 11.8 Å². The third-order valence-corrected chi connectivity index (χ3v) is 6.54. The maximum Gasteiger partial charge on any atom is 0.414 e. The van der Waals surface area contributed by atoms with Crippen molar-refractivity contribution in [2.45, 2.75) is 76.6 Å². The van der Waals surface area contributed by atoms with Gasteiger partial charge in [-0.2, -0.15) is 13.2 Å². The molecule has 2 aliphatic rings. The second kappa shape index (κ2) is 9.32. The lowest BCUT2D eigenvalue weighted by Crippen LogP contribution is -2.40. The Labute approximate surface area is 179 Å². The van der Waals surface area contributed by atoms with E-state index in [1.165, 1.54) is 6.20 Å². The maximum absolute atomic E-state index is 13.3. The Bertz CT molecular complexity index is 830. The maximum atomic E-state index is 13.3. The summed E-state index contributed by atoms with van der Waals surface area (Å²) in [4.78, 5) is 20.4. The summed E-state index contributed by atoms with van der Waals surface area (Å²) < 4.78 is 39.9. The topological polar surface area (TPSA) is 113 Å². The van der Waals surface area contributed by atoms with E-state index in [-0.39, 0.29) is 36.3 Å². The number of hydrogen-bond acceptors (Lipinski definition) is 6. The minimum Gasteiger partial charge on any atom is -0.481 e. The number of hydrogen-bond donors (Lipinski definition) is 4. The van der Waals surface area contributed by atoms with Gasteiger partial charge in [0.05, 0.1) is 23.5 Å². The Morgan fingerprint density at radius 3 is 2.74 bits per heavy atom. The molecule has 1 fully saturated rings. The van der Waals surface area contributed by atoms with Gasteiger partial charge in [0, 0.05) is 29.8 Å². The van der Waals surface area contributed by atoms with Crippen molar-refractivity contribution in [1.29, 1.82) is 0 Å². The average Bonchev–Trinajstić information content (AvgIpc) is 2.71. The molecule has 5 atom stereocenters. The molecular weight excluding hydrogens is 411 g/mol. The highest BCUT2D eigenvalue weighted by molar-refractivity contribution is 5.71.